The number of ether oxygens (including phenoxy) is 1. The van der Waals surface area contributed by atoms with Crippen LogP contribution < -0.4 is 10.1 Å². The Hall–Kier alpha value is -2.43. The second kappa shape index (κ2) is 8.79. The molecular weight excluding hydrogens is 329 g/mol. The molecule has 0 bridgehead atoms. The summed E-state index contributed by atoms with van der Waals surface area (Å²) in [5, 5.41) is 15.1. The van der Waals surface area contributed by atoms with Gasteiger partial charge in [0.15, 0.2) is 0 Å². The number of benzene rings is 3. The van der Waals surface area contributed by atoms with Crippen LogP contribution in [0.25, 0.3) is 10.8 Å². The van der Waals surface area contributed by atoms with Gasteiger partial charge >= 0.3 is 0 Å². The van der Waals surface area contributed by atoms with Crippen LogP contribution in [-0.4, -0.2) is 17.8 Å². The Bertz CT molecular complexity index is 844. The van der Waals surface area contributed by atoms with Gasteiger partial charge in [-0.1, -0.05) is 49.4 Å². The number of halogens is 1. The van der Waals surface area contributed by atoms with E-state index in [4.69, 9.17) is 4.74 Å². The van der Waals surface area contributed by atoms with Crippen LogP contribution in [0.2, 0.25) is 0 Å². The van der Waals surface area contributed by atoms with E-state index >= 15 is 0 Å². The summed E-state index contributed by atoms with van der Waals surface area (Å²) in [5.74, 6) is 0.548. The Labute approximate surface area is 153 Å². The summed E-state index contributed by atoms with van der Waals surface area (Å²) in [4.78, 5) is 0. The van der Waals surface area contributed by atoms with Crippen LogP contribution >= 0.6 is 0 Å². The van der Waals surface area contributed by atoms with E-state index in [1.807, 2.05) is 31.2 Å². The van der Waals surface area contributed by atoms with Gasteiger partial charge in [0.25, 0.3) is 0 Å². The molecule has 26 heavy (non-hydrogen) atoms. The molecule has 3 aromatic rings. The number of aliphatic hydroxyl groups is 1. The highest BCUT2D eigenvalue weighted by molar-refractivity contribution is 5.87. The van der Waals surface area contributed by atoms with Crippen molar-refractivity contribution in [3.8, 4) is 5.75 Å². The molecule has 0 aliphatic rings. The van der Waals surface area contributed by atoms with Crippen molar-refractivity contribution in [2.75, 3.05) is 6.61 Å². The molecule has 0 aromatic heterocycles. The van der Waals surface area contributed by atoms with E-state index in [2.05, 4.69) is 17.4 Å². The standard InChI is InChI=1S/C22H24FNO2/c1-2-19(14-25)24-13-21-20-6-4-3-5-17(20)9-12-22(21)26-15-16-7-10-18(23)11-8-16/h3-12,19,24-25H,2,13-15H2,1H3/t19-/m1/s1. The number of hydrogen-bond donors (Lipinski definition) is 2. The minimum atomic E-state index is -0.251. The van der Waals surface area contributed by atoms with Crippen LogP contribution in [0.3, 0.4) is 0 Å². The monoisotopic (exact) mass is 353 g/mol. The molecule has 4 heteroatoms. The molecule has 0 aliphatic carbocycles. The lowest BCUT2D eigenvalue weighted by molar-refractivity contribution is 0.237. The molecule has 1 atom stereocenters. The maximum Gasteiger partial charge on any atom is 0.124 e. The van der Waals surface area contributed by atoms with Gasteiger partial charge in [-0.15, -0.1) is 0 Å². The van der Waals surface area contributed by atoms with Crippen LogP contribution in [0.1, 0.15) is 24.5 Å². The van der Waals surface area contributed by atoms with Gasteiger partial charge in [-0.05, 0) is 41.0 Å². The van der Waals surface area contributed by atoms with Gasteiger partial charge in [0.1, 0.15) is 18.2 Å². The average molecular weight is 353 g/mol. The fraction of sp³-hybridized carbons (Fsp3) is 0.273. The van der Waals surface area contributed by atoms with E-state index in [9.17, 15) is 9.50 Å². The number of aliphatic hydroxyl groups excluding tert-OH is 1. The summed E-state index contributed by atoms with van der Waals surface area (Å²) in [6, 6.07) is 18.6. The lowest BCUT2D eigenvalue weighted by atomic mass is 10.0. The molecule has 0 amide bonds. The Morgan fingerprint density at radius 1 is 1.04 bits per heavy atom. The predicted molar refractivity (Wildman–Crippen MR) is 103 cm³/mol. The molecule has 0 radical (unpaired) electrons. The minimum Gasteiger partial charge on any atom is -0.489 e. The van der Waals surface area contributed by atoms with Crippen molar-refractivity contribution in [2.45, 2.75) is 32.5 Å². The van der Waals surface area contributed by atoms with Crippen LogP contribution in [-0.2, 0) is 13.2 Å². The van der Waals surface area contributed by atoms with Crippen LogP contribution in [0.4, 0.5) is 4.39 Å². The van der Waals surface area contributed by atoms with Gasteiger partial charge in [-0.2, -0.15) is 0 Å². The average Bonchev–Trinajstić information content (AvgIpc) is 2.68. The Morgan fingerprint density at radius 3 is 2.54 bits per heavy atom. The zero-order chi connectivity index (χ0) is 18.4. The van der Waals surface area contributed by atoms with Gasteiger partial charge in [0.2, 0.25) is 0 Å². The Balaban J connectivity index is 1.85. The fourth-order valence-corrected chi connectivity index (χ4v) is 2.96. The van der Waals surface area contributed by atoms with Crippen molar-refractivity contribution in [1.29, 1.82) is 0 Å². The largest absolute Gasteiger partial charge is 0.489 e. The van der Waals surface area contributed by atoms with Gasteiger partial charge < -0.3 is 15.2 Å². The first-order valence-corrected chi connectivity index (χ1v) is 8.93. The predicted octanol–water partition coefficient (Wildman–Crippen LogP) is 4.42. The topological polar surface area (TPSA) is 41.5 Å². The molecule has 3 aromatic carbocycles. The van der Waals surface area contributed by atoms with Crippen molar-refractivity contribution >= 4 is 10.8 Å². The number of rotatable bonds is 8. The van der Waals surface area contributed by atoms with E-state index in [1.54, 1.807) is 12.1 Å². The highest BCUT2D eigenvalue weighted by Gasteiger charge is 2.11. The highest BCUT2D eigenvalue weighted by Crippen LogP contribution is 2.29. The fourth-order valence-electron chi connectivity index (χ4n) is 2.96. The summed E-state index contributed by atoms with van der Waals surface area (Å²) >= 11 is 0. The second-order valence-corrected chi connectivity index (χ2v) is 6.35. The third-order valence-corrected chi connectivity index (χ3v) is 4.59. The van der Waals surface area contributed by atoms with E-state index in [0.717, 1.165) is 34.1 Å². The molecule has 0 fully saturated rings. The van der Waals surface area contributed by atoms with Gasteiger partial charge in [-0.25, -0.2) is 4.39 Å². The van der Waals surface area contributed by atoms with Gasteiger partial charge in [-0.3, -0.25) is 0 Å². The molecule has 3 nitrogen and oxygen atoms in total. The third-order valence-electron chi connectivity index (χ3n) is 4.59. The molecule has 0 saturated heterocycles. The van der Waals surface area contributed by atoms with Crippen LogP contribution in [0.5, 0.6) is 5.75 Å². The summed E-state index contributed by atoms with van der Waals surface area (Å²) in [6.45, 7) is 3.14. The molecular formula is C22H24FNO2. The summed E-state index contributed by atoms with van der Waals surface area (Å²) in [5.41, 5.74) is 1.98. The molecule has 3 rings (SSSR count). The maximum absolute atomic E-state index is 13.1. The normalized spacial score (nSPS) is 12.3. The first kappa shape index (κ1) is 18.4. The van der Waals surface area contributed by atoms with Crippen molar-refractivity contribution in [1.82, 2.24) is 5.32 Å². The lowest BCUT2D eigenvalue weighted by Crippen LogP contribution is -2.31. The maximum atomic E-state index is 13.1. The number of hydrogen-bond acceptors (Lipinski definition) is 3. The summed E-state index contributed by atoms with van der Waals surface area (Å²) < 4.78 is 19.1. The van der Waals surface area contributed by atoms with Crippen molar-refractivity contribution in [3.63, 3.8) is 0 Å². The van der Waals surface area contributed by atoms with E-state index in [-0.39, 0.29) is 18.5 Å². The lowest BCUT2D eigenvalue weighted by Gasteiger charge is -2.18. The third kappa shape index (κ3) is 4.40. The minimum absolute atomic E-state index is 0.0546. The zero-order valence-corrected chi connectivity index (χ0v) is 14.9. The first-order chi connectivity index (χ1) is 12.7. The van der Waals surface area contributed by atoms with Gasteiger partial charge in [0.05, 0.1) is 6.61 Å². The molecule has 0 heterocycles. The first-order valence-electron chi connectivity index (χ1n) is 8.93. The Kier molecular flexibility index (Phi) is 6.21. The number of nitrogens with one attached hydrogen (secondary N) is 1. The van der Waals surface area contributed by atoms with Crippen molar-refractivity contribution in [2.24, 2.45) is 0 Å². The highest BCUT2D eigenvalue weighted by atomic mass is 19.1. The summed E-state index contributed by atoms with van der Waals surface area (Å²) in [7, 11) is 0. The molecule has 0 spiro atoms. The smallest absolute Gasteiger partial charge is 0.124 e. The van der Waals surface area contributed by atoms with Crippen molar-refractivity contribution in [3.05, 3.63) is 77.6 Å². The molecule has 0 unspecified atom stereocenters. The summed E-state index contributed by atoms with van der Waals surface area (Å²) in [6.07, 6.45) is 0.854. The van der Waals surface area contributed by atoms with Crippen LogP contribution in [0, 0.1) is 5.82 Å². The quantitative estimate of drug-likeness (QED) is 0.630. The SMILES string of the molecule is CC[C@H](CO)NCc1c(OCc2ccc(F)cc2)ccc2ccccc12. The second-order valence-electron chi connectivity index (χ2n) is 6.35. The molecule has 0 saturated carbocycles. The molecule has 0 aliphatic heterocycles. The molecule has 136 valence electrons. The van der Waals surface area contributed by atoms with Crippen molar-refractivity contribution < 1.29 is 14.2 Å². The van der Waals surface area contributed by atoms with E-state index in [0.29, 0.717) is 13.2 Å². The Morgan fingerprint density at radius 2 is 1.81 bits per heavy atom. The zero-order valence-electron chi connectivity index (χ0n) is 14.9. The van der Waals surface area contributed by atoms with E-state index < -0.39 is 0 Å². The van der Waals surface area contributed by atoms with Gasteiger partial charge in [0, 0.05) is 18.2 Å². The van der Waals surface area contributed by atoms with Crippen LogP contribution in [0.15, 0.2) is 60.7 Å². The van der Waals surface area contributed by atoms with E-state index in [1.165, 1.54) is 12.1 Å². The molecule has 2 N–H and O–H groups in total. The number of fused-ring (bicyclic) bond motifs is 1.